The second-order valence-electron chi connectivity index (χ2n) is 7.91. The Hall–Kier alpha value is -3.53. The highest BCUT2D eigenvalue weighted by molar-refractivity contribution is 7.92. The average molecular weight is 545 g/mol. The van der Waals surface area contributed by atoms with E-state index in [1.54, 1.807) is 61.1 Å². The van der Waals surface area contributed by atoms with E-state index in [1.165, 1.54) is 35.0 Å². The van der Waals surface area contributed by atoms with Crippen LogP contribution in [0.25, 0.3) is 5.69 Å². The molecule has 0 atom stereocenters. The van der Waals surface area contributed by atoms with Crippen molar-refractivity contribution < 1.29 is 13.2 Å². The van der Waals surface area contributed by atoms with E-state index in [2.05, 4.69) is 5.32 Å². The van der Waals surface area contributed by atoms with E-state index >= 15 is 0 Å². The number of anilines is 2. The molecular weight excluding hydrogens is 523 g/mol. The maximum absolute atomic E-state index is 13.5. The van der Waals surface area contributed by atoms with Gasteiger partial charge in [-0.05, 0) is 49.4 Å². The molecule has 36 heavy (non-hydrogen) atoms. The predicted octanol–water partition coefficient (Wildman–Crippen LogP) is 4.63. The number of sulfonamides is 1. The summed E-state index contributed by atoms with van der Waals surface area (Å²) in [6.07, 6.45) is 0. The van der Waals surface area contributed by atoms with Crippen molar-refractivity contribution in [3.8, 4) is 5.69 Å². The SMILES string of the molecule is Cc1c(NC(=O)CN(c2ccc(Cl)cc2Cl)S(=O)(=O)c2ccccc2)c(=O)n(-c2ccccc2)n1C. The lowest BCUT2D eigenvalue weighted by atomic mass is 10.3. The van der Waals surface area contributed by atoms with Gasteiger partial charge in [-0.1, -0.05) is 59.6 Å². The molecule has 0 saturated heterocycles. The highest BCUT2D eigenvalue weighted by atomic mass is 35.5. The van der Waals surface area contributed by atoms with E-state index in [1.807, 2.05) is 6.07 Å². The molecular formula is C25H22Cl2N4O4S. The Morgan fingerprint density at radius 2 is 1.58 bits per heavy atom. The van der Waals surface area contributed by atoms with Gasteiger partial charge in [0.25, 0.3) is 15.6 Å². The molecule has 0 aliphatic heterocycles. The second kappa shape index (κ2) is 10.2. The van der Waals surface area contributed by atoms with Crippen LogP contribution in [-0.2, 0) is 21.9 Å². The number of para-hydroxylation sites is 1. The van der Waals surface area contributed by atoms with Crippen molar-refractivity contribution in [2.45, 2.75) is 11.8 Å². The van der Waals surface area contributed by atoms with E-state index < -0.39 is 28.0 Å². The summed E-state index contributed by atoms with van der Waals surface area (Å²) in [6, 6.07) is 20.9. The minimum absolute atomic E-state index is 0.0221. The molecule has 0 aliphatic rings. The van der Waals surface area contributed by atoms with E-state index in [-0.39, 0.29) is 21.3 Å². The topological polar surface area (TPSA) is 93.4 Å². The lowest BCUT2D eigenvalue weighted by Gasteiger charge is -2.25. The highest BCUT2D eigenvalue weighted by Crippen LogP contribution is 2.32. The van der Waals surface area contributed by atoms with Crippen molar-refractivity contribution in [3.63, 3.8) is 0 Å². The number of nitrogens with zero attached hydrogens (tertiary/aromatic N) is 3. The summed E-state index contributed by atoms with van der Waals surface area (Å²) in [5, 5.41) is 2.96. The number of hydrogen-bond donors (Lipinski definition) is 1. The fraction of sp³-hybridized carbons (Fsp3) is 0.120. The number of aromatic nitrogens is 2. The first-order valence-electron chi connectivity index (χ1n) is 10.8. The number of nitrogens with one attached hydrogen (secondary N) is 1. The summed E-state index contributed by atoms with van der Waals surface area (Å²) in [5.41, 5.74) is 0.794. The van der Waals surface area contributed by atoms with Crippen molar-refractivity contribution in [1.29, 1.82) is 0 Å². The highest BCUT2D eigenvalue weighted by Gasteiger charge is 2.29. The van der Waals surface area contributed by atoms with Crippen LogP contribution >= 0.6 is 23.2 Å². The molecule has 0 radical (unpaired) electrons. The summed E-state index contributed by atoms with van der Waals surface area (Å²) < 4.78 is 31.0. The first-order chi connectivity index (χ1) is 17.1. The van der Waals surface area contributed by atoms with Crippen molar-refractivity contribution >= 4 is 50.5 Å². The molecule has 11 heteroatoms. The Bertz CT molecular complexity index is 1580. The predicted molar refractivity (Wildman–Crippen MR) is 142 cm³/mol. The summed E-state index contributed by atoms with van der Waals surface area (Å²) in [6.45, 7) is 1.06. The van der Waals surface area contributed by atoms with E-state index in [0.717, 1.165) is 4.31 Å². The number of amides is 1. The van der Waals surface area contributed by atoms with E-state index in [9.17, 15) is 18.0 Å². The van der Waals surface area contributed by atoms with Crippen LogP contribution in [0.1, 0.15) is 5.69 Å². The zero-order chi connectivity index (χ0) is 26.0. The van der Waals surface area contributed by atoms with Crippen LogP contribution in [0.3, 0.4) is 0 Å². The molecule has 4 rings (SSSR count). The fourth-order valence-electron chi connectivity index (χ4n) is 3.72. The Labute approximate surface area is 218 Å². The van der Waals surface area contributed by atoms with Gasteiger partial charge in [-0.25, -0.2) is 13.1 Å². The maximum Gasteiger partial charge on any atom is 0.295 e. The molecule has 3 aromatic carbocycles. The number of carbonyl (C=O) groups is 1. The second-order valence-corrected chi connectivity index (χ2v) is 10.6. The summed E-state index contributed by atoms with van der Waals surface area (Å²) in [7, 11) is -2.49. The third-order valence-corrected chi connectivity index (χ3v) is 7.93. The van der Waals surface area contributed by atoms with Crippen molar-refractivity contribution in [1.82, 2.24) is 9.36 Å². The summed E-state index contributed by atoms with van der Waals surface area (Å²) in [5.74, 6) is -0.716. The number of carbonyl (C=O) groups excluding carboxylic acids is 1. The largest absolute Gasteiger partial charge is 0.318 e. The average Bonchev–Trinajstić information content (AvgIpc) is 3.07. The Balaban J connectivity index is 1.72. The van der Waals surface area contributed by atoms with Gasteiger partial charge in [0.15, 0.2) is 0 Å². The third kappa shape index (κ3) is 4.90. The first kappa shape index (κ1) is 25.6. The fourth-order valence-corrected chi connectivity index (χ4v) is 5.75. The molecule has 0 fully saturated rings. The van der Waals surface area contributed by atoms with Gasteiger partial charge in [0, 0.05) is 12.1 Å². The van der Waals surface area contributed by atoms with Gasteiger partial charge >= 0.3 is 0 Å². The lowest BCUT2D eigenvalue weighted by molar-refractivity contribution is -0.114. The number of halogens is 2. The third-order valence-electron chi connectivity index (χ3n) is 5.62. The molecule has 0 unspecified atom stereocenters. The van der Waals surface area contributed by atoms with Gasteiger partial charge < -0.3 is 5.32 Å². The lowest BCUT2D eigenvalue weighted by Crippen LogP contribution is -2.39. The molecule has 1 heterocycles. The smallest absolute Gasteiger partial charge is 0.295 e. The molecule has 1 N–H and O–H groups in total. The molecule has 1 aromatic heterocycles. The van der Waals surface area contributed by atoms with Crippen molar-refractivity contribution in [2.24, 2.45) is 7.05 Å². The van der Waals surface area contributed by atoms with Gasteiger partial charge in [-0.15, -0.1) is 0 Å². The molecule has 186 valence electrons. The quantitative estimate of drug-likeness (QED) is 0.367. The van der Waals surface area contributed by atoms with Crippen LogP contribution in [-0.4, -0.2) is 30.2 Å². The van der Waals surface area contributed by atoms with Crippen LogP contribution < -0.4 is 15.2 Å². The van der Waals surface area contributed by atoms with Gasteiger partial charge in [0.05, 0.1) is 27.0 Å². The van der Waals surface area contributed by atoms with Crippen LogP contribution in [0.5, 0.6) is 0 Å². The first-order valence-corrected chi connectivity index (χ1v) is 13.0. The molecule has 0 spiro atoms. The molecule has 0 bridgehead atoms. The molecule has 1 amide bonds. The monoisotopic (exact) mass is 544 g/mol. The molecule has 0 saturated carbocycles. The Morgan fingerprint density at radius 1 is 0.972 bits per heavy atom. The van der Waals surface area contributed by atoms with Gasteiger partial charge in [0.1, 0.15) is 12.2 Å². The van der Waals surface area contributed by atoms with E-state index in [4.69, 9.17) is 23.2 Å². The van der Waals surface area contributed by atoms with Crippen molar-refractivity contribution in [3.05, 3.63) is 105 Å². The van der Waals surface area contributed by atoms with Gasteiger partial charge in [-0.3, -0.25) is 18.6 Å². The maximum atomic E-state index is 13.5. The Morgan fingerprint density at radius 3 is 2.19 bits per heavy atom. The molecule has 4 aromatic rings. The van der Waals surface area contributed by atoms with E-state index in [0.29, 0.717) is 16.4 Å². The summed E-state index contributed by atoms with van der Waals surface area (Å²) in [4.78, 5) is 26.3. The minimum Gasteiger partial charge on any atom is -0.318 e. The van der Waals surface area contributed by atoms with Crippen LogP contribution in [0, 0.1) is 6.92 Å². The zero-order valence-electron chi connectivity index (χ0n) is 19.4. The number of hydrogen-bond acceptors (Lipinski definition) is 4. The molecule has 8 nitrogen and oxygen atoms in total. The van der Waals surface area contributed by atoms with Crippen molar-refractivity contribution in [2.75, 3.05) is 16.2 Å². The van der Waals surface area contributed by atoms with Gasteiger partial charge in [0.2, 0.25) is 5.91 Å². The van der Waals surface area contributed by atoms with Crippen LogP contribution in [0.15, 0.2) is 88.6 Å². The Kier molecular flexibility index (Phi) is 7.26. The summed E-state index contributed by atoms with van der Waals surface area (Å²) >= 11 is 12.3. The number of benzene rings is 3. The minimum atomic E-state index is -4.19. The zero-order valence-corrected chi connectivity index (χ0v) is 21.7. The normalized spacial score (nSPS) is 11.3. The number of rotatable bonds is 7. The molecule has 0 aliphatic carbocycles. The van der Waals surface area contributed by atoms with Gasteiger partial charge in [-0.2, -0.15) is 0 Å². The standard InChI is InChI=1S/C25H22Cl2N4O4S/c1-17-24(25(33)31(29(17)2)19-9-5-3-6-10-19)28-23(32)16-30(22-14-13-18(26)15-21(22)27)36(34,35)20-11-7-4-8-12-20/h3-15H,16H2,1-2H3,(H,28,32). The van der Waals surface area contributed by atoms with Crippen LogP contribution in [0.2, 0.25) is 10.0 Å². The van der Waals surface area contributed by atoms with Crippen LogP contribution in [0.4, 0.5) is 11.4 Å².